The number of rotatable bonds is 7. The Morgan fingerprint density at radius 3 is 2.56 bits per heavy atom. The van der Waals surface area contributed by atoms with Crippen molar-refractivity contribution in [3.8, 4) is 5.75 Å². The highest BCUT2D eigenvalue weighted by Crippen LogP contribution is 2.15. The van der Waals surface area contributed by atoms with Crippen molar-refractivity contribution in [1.82, 2.24) is 15.2 Å². The third kappa shape index (κ3) is 6.81. The van der Waals surface area contributed by atoms with Crippen LogP contribution < -0.4 is 10.1 Å². The number of aryl methyl sites for hydroxylation is 1. The molecule has 0 unspecified atom stereocenters. The minimum atomic E-state index is 0. The highest BCUT2D eigenvalue weighted by atomic mass is 127. The molecule has 0 bridgehead atoms. The summed E-state index contributed by atoms with van der Waals surface area (Å²) in [7, 11) is 3.73. The smallest absolute Gasteiger partial charge is 0.194 e. The molecule has 0 fully saturated rings. The number of methoxy groups -OCH3 is 1. The van der Waals surface area contributed by atoms with Crippen molar-refractivity contribution >= 4 is 41.3 Å². The molecule has 1 N–H and O–H groups in total. The van der Waals surface area contributed by atoms with Crippen LogP contribution in [0.5, 0.6) is 5.75 Å². The van der Waals surface area contributed by atoms with Gasteiger partial charge in [-0.1, -0.05) is 19.1 Å². The van der Waals surface area contributed by atoms with Gasteiger partial charge in [0.2, 0.25) is 0 Å². The Hall–Kier alpha value is -1.35. The van der Waals surface area contributed by atoms with E-state index in [2.05, 4.69) is 41.2 Å². The van der Waals surface area contributed by atoms with Gasteiger partial charge in [-0.3, -0.25) is 0 Å². The molecule has 0 saturated heterocycles. The lowest BCUT2D eigenvalue weighted by molar-refractivity contribution is 0.414. The lowest BCUT2D eigenvalue weighted by atomic mass is 10.2. The van der Waals surface area contributed by atoms with Gasteiger partial charge in [-0.2, -0.15) is 0 Å². The van der Waals surface area contributed by atoms with Gasteiger partial charge in [0.1, 0.15) is 10.8 Å². The fourth-order valence-electron chi connectivity index (χ4n) is 2.28. The average Bonchev–Trinajstić information content (AvgIpc) is 3.07. The molecular formula is C18H27IN4OS. The molecule has 0 aliphatic carbocycles. The molecule has 0 aliphatic heterocycles. The van der Waals surface area contributed by atoms with E-state index in [0.717, 1.165) is 36.2 Å². The number of aromatic nitrogens is 1. The molecule has 1 aromatic carbocycles. The lowest BCUT2D eigenvalue weighted by Gasteiger charge is -2.22. The zero-order valence-electron chi connectivity index (χ0n) is 15.3. The number of aliphatic imine (C=N–C) groups is 1. The zero-order chi connectivity index (χ0) is 17.4. The summed E-state index contributed by atoms with van der Waals surface area (Å²) < 4.78 is 5.20. The highest BCUT2D eigenvalue weighted by molar-refractivity contribution is 14.0. The highest BCUT2D eigenvalue weighted by Gasteiger charge is 2.08. The van der Waals surface area contributed by atoms with Crippen LogP contribution in [0.4, 0.5) is 0 Å². The summed E-state index contributed by atoms with van der Waals surface area (Å²) in [4.78, 5) is 12.6. The van der Waals surface area contributed by atoms with Crippen LogP contribution in [-0.4, -0.2) is 36.5 Å². The minimum Gasteiger partial charge on any atom is -0.497 e. The Kier molecular flexibility index (Phi) is 9.81. The zero-order valence-corrected chi connectivity index (χ0v) is 18.4. The molecule has 25 heavy (non-hydrogen) atoms. The van der Waals surface area contributed by atoms with Gasteiger partial charge in [-0.25, -0.2) is 9.98 Å². The first-order valence-corrected chi connectivity index (χ1v) is 9.03. The number of halogens is 1. The van der Waals surface area contributed by atoms with E-state index in [0.29, 0.717) is 6.54 Å². The Labute approximate surface area is 171 Å². The van der Waals surface area contributed by atoms with E-state index in [1.165, 1.54) is 10.4 Å². The predicted molar refractivity (Wildman–Crippen MR) is 116 cm³/mol. The molecule has 1 aromatic heterocycles. The van der Waals surface area contributed by atoms with Gasteiger partial charge < -0.3 is 15.0 Å². The first kappa shape index (κ1) is 21.7. The van der Waals surface area contributed by atoms with Crippen LogP contribution >= 0.6 is 35.3 Å². The summed E-state index contributed by atoms with van der Waals surface area (Å²) in [5.74, 6) is 1.76. The summed E-state index contributed by atoms with van der Waals surface area (Å²) >= 11 is 1.73. The van der Waals surface area contributed by atoms with Crippen molar-refractivity contribution in [2.45, 2.75) is 33.4 Å². The summed E-state index contributed by atoms with van der Waals surface area (Å²) in [5.41, 5.74) is 1.21. The van der Waals surface area contributed by atoms with Crippen LogP contribution in [0.2, 0.25) is 0 Å². The second-order valence-corrected chi connectivity index (χ2v) is 6.65. The number of thiazole rings is 1. The molecule has 1 heterocycles. The minimum absolute atomic E-state index is 0. The fourth-order valence-corrected chi connectivity index (χ4v) is 3.06. The quantitative estimate of drug-likeness (QED) is 0.376. The normalized spacial score (nSPS) is 11.0. The Bertz CT molecular complexity index is 657. The Balaban J connectivity index is 0.00000312. The summed E-state index contributed by atoms with van der Waals surface area (Å²) in [5, 5.41) is 4.40. The molecule has 0 saturated carbocycles. The number of nitrogens with zero attached hydrogens (tertiary/aromatic N) is 3. The van der Waals surface area contributed by atoms with Gasteiger partial charge in [0.15, 0.2) is 5.96 Å². The van der Waals surface area contributed by atoms with Crippen molar-refractivity contribution in [3.63, 3.8) is 0 Å². The monoisotopic (exact) mass is 474 g/mol. The molecule has 0 atom stereocenters. The van der Waals surface area contributed by atoms with Crippen LogP contribution in [0.3, 0.4) is 0 Å². The van der Waals surface area contributed by atoms with E-state index in [1.54, 1.807) is 18.4 Å². The third-order valence-corrected chi connectivity index (χ3v) is 4.72. The van der Waals surface area contributed by atoms with Gasteiger partial charge in [-0.15, -0.1) is 35.3 Å². The van der Waals surface area contributed by atoms with E-state index in [1.807, 2.05) is 25.4 Å². The van der Waals surface area contributed by atoms with E-state index in [-0.39, 0.29) is 24.0 Å². The topological polar surface area (TPSA) is 49.8 Å². The van der Waals surface area contributed by atoms with Crippen LogP contribution in [-0.2, 0) is 19.5 Å². The second kappa shape index (κ2) is 11.3. The average molecular weight is 474 g/mol. The van der Waals surface area contributed by atoms with Crippen molar-refractivity contribution in [3.05, 3.63) is 45.9 Å². The number of nitrogens with one attached hydrogen (secondary N) is 1. The van der Waals surface area contributed by atoms with E-state index in [4.69, 9.17) is 9.73 Å². The molecule has 0 spiro atoms. The number of ether oxygens (including phenoxy) is 1. The first-order chi connectivity index (χ1) is 11.7. The first-order valence-electron chi connectivity index (χ1n) is 8.22. The molecule has 2 aromatic rings. The van der Waals surface area contributed by atoms with Crippen LogP contribution in [0.25, 0.3) is 0 Å². The van der Waals surface area contributed by atoms with Crippen molar-refractivity contribution in [2.24, 2.45) is 4.99 Å². The summed E-state index contributed by atoms with van der Waals surface area (Å²) in [6.07, 6.45) is 2.97. The Morgan fingerprint density at radius 1 is 1.28 bits per heavy atom. The second-order valence-electron chi connectivity index (χ2n) is 5.45. The van der Waals surface area contributed by atoms with Crippen molar-refractivity contribution in [2.75, 3.05) is 20.7 Å². The van der Waals surface area contributed by atoms with Crippen LogP contribution in [0, 0.1) is 0 Å². The van der Waals surface area contributed by atoms with Gasteiger partial charge in [0.25, 0.3) is 0 Å². The summed E-state index contributed by atoms with van der Waals surface area (Å²) in [6, 6.07) is 8.12. The van der Waals surface area contributed by atoms with Crippen LogP contribution in [0.15, 0.2) is 35.5 Å². The fraction of sp³-hybridized carbons (Fsp3) is 0.444. The van der Waals surface area contributed by atoms with Gasteiger partial charge >= 0.3 is 0 Å². The Morgan fingerprint density at radius 2 is 2.00 bits per heavy atom. The number of hydrogen-bond donors (Lipinski definition) is 1. The lowest BCUT2D eigenvalue weighted by Crippen LogP contribution is -2.38. The molecule has 7 heteroatoms. The van der Waals surface area contributed by atoms with E-state index < -0.39 is 0 Å². The largest absolute Gasteiger partial charge is 0.497 e. The van der Waals surface area contributed by atoms with Gasteiger partial charge in [-0.05, 0) is 31.0 Å². The molecule has 0 amide bonds. The van der Waals surface area contributed by atoms with E-state index >= 15 is 0 Å². The molecule has 5 nitrogen and oxygen atoms in total. The van der Waals surface area contributed by atoms with Crippen LogP contribution in [0.1, 0.15) is 29.3 Å². The standard InChI is InChI=1S/C18H26N4OS.HI/c1-5-16-11-20-17(24-16)12-21-18(19-6-2)22(3)13-14-7-9-15(23-4)10-8-14;/h7-11H,5-6,12-13H2,1-4H3,(H,19,21);1H. The van der Waals surface area contributed by atoms with E-state index in [9.17, 15) is 0 Å². The maximum Gasteiger partial charge on any atom is 0.194 e. The maximum absolute atomic E-state index is 5.20. The van der Waals surface area contributed by atoms with Gasteiger partial charge in [0, 0.05) is 31.2 Å². The number of benzene rings is 1. The molecular weight excluding hydrogens is 447 g/mol. The van der Waals surface area contributed by atoms with Crippen molar-refractivity contribution in [1.29, 1.82) is 0 Å². The molecule has 0 radical (unpaired) electrons. The molecule has 138 valence electrons. The van der Waals surface area contributed by atoms with Gasteiger partial charge in [0.05, 0.1) is 13.7 Å². The molecule has 2 rings (SSSR count). The predicted octanol–water partition coefficient (Wildman–Crippen LogP) is 3.93. The SMILES string of the molecule is CCNC(=NCc1ncc(CC)s1)N(C)Cc1ccc(OC)cc1.I. The van der Waals surface area contributed by atoms with Crippen molar-refractivity contribution < 1.29 is 4.74 Å². The maximum atomic E-state index is 5.20. The number of hydrogen-bond acceptors (Lipinski definition) is 4. The molecule has 0 aliphatic rings. The number of guanidine groups is 1. The summed E-state index contributed by atoms with van der Waals surface area (Å²) in [6.45, 7) is 6.46. The third-order valence-electron chi connectivity index (χ3n) is 3.59.